The number of hydrogen-bond acceptors (Lipinski definition) is 4. The fourth-order valence-corrected chi connectivity index (χ4v) is 3.16. The SMILES string of the molecule is COc1ccc(C2(C(=O)N[C@H](C)C(=O)O)CCCC2)cc1OC. The second kappa shape index (κ2) is 6.89. The van der Waals surface area contributed by atoms with Crippen LogP contribution in [-0.4, -0.2) is 37.2 Å². The standard InChI is InChI=1S/C17H23NO5/c1-11(15(19)20)18-16(21)17(8-4-5-9-17)12-6-7-13(22-2)14(10-12)23-3/h6-7,10-11H,4-5,8-9H2,1-3H3,(H,18,21)(H,19,20)/t11-/m1/s1. The highest BCUT2D eigenvalue weighted by atomic mass is 16.5. The maximum absolute atomic E-state index is 12.8. The molecule has 6 nitrogen and oxygen atoms in total. The van der Waals surface area contributed by atoms with E-state index >= 15 is 0 Å². The van der Waals surface area contributed by atoms with E-state index in [9.17, 15) is 9.59 Å². The molecule has 6 heteroatoms. The highest BCUT2D eigenvalue weighted by Crippen LogP contribution is 2.44. The van der Waals surface area contributed by atoms with E-state index in [0.717, 1.165) is 18.4 Å². The summed E-state index contributed by atoms with van der Waals surface area (Å²) in [5.74, 6) is -0.116. The first-order chi connectivity index (χ1) is 10.9. The Bertz CT molecular complexity index is 593. The van der Waals surface area contributed by atoms with E-state index in [0.29, 0.717) is 24.3 Å². The molecule has 0 heterocycles. The van der Waals surface area contributed by atoms with Crippen molar-refractivity contribution in [2.45, 2.75) is 44.1 Å². The first kappa shape index (κ1) is 17.1. The average Bonchev–Trinajstić information content (AvgIpc) is 3.04. The lowest BCUT2D eigenvalue weighted by atomic mass is 9.77. The molecule has 23 heavy (non-hydrogen) atoms. The summed E-state index contributed by atoms with van der Waals surface area (Å²) >= 11 is 0. The molecule has 1 aromatic carbocycles. The number of rotatable bonds is 6. The van der Waals surface area contributed by atoms with Crippen LogP contribution < -0.4 is 14.8 Å². The van der Waals surface area contributed by atoms with Gasteiger partial charge in [0.25, 0.3) is 0 Å². The van der Waals surface area contributed by atoms with E-state index in [4.69, 9.17) is 14.6 Å². The van der Waals surface area contributed by atoms with Gasteiger partial charge < -0.3 is 19.9 Å². The molecule has 2 rings (SSSR count). The molecule has 0 saturated heterocycles. The predicted molar refractivity (Wildman–Crippen MR) is 84.9 cm³/mol. The van der Waals surface area contributed by atoms with Gasteiger partial charge in [-0.2, -0.15) is 0 Å². The van der Waals surface area contributed by atoms with Crippen molar-refractivity contribution in [3.8, 4) is 11.5 Å². The van der Waals surface area contributed by atoms with Crippen LogP contribution >= 0.6 is 0 Å². The molecule has 0 aliphatic heterocycles. The Morgan fingerprint density at radius 1 is 1.17 bits per heavy atom. The Morgan fingerprint density at radius 3 is 2.30 bits per heavy atom. The monoisotopic (exact) mass is 321 g/mol. The number of benzene rings is 1. The van der Waals surface area contributed by atoms with Crippen LogP contribution in [0, 0.1) is 0 Å². The van der Waals surface area contributed by atoms with Crippen LogP contribution in [0.3, 0.4) is 0 Å². The van der Waals surface area contributed by atoms with Crippen LogP contribution in [0.25, 0.3) is 0 Å². The molecule has 126 valence electrons. The van der Waals surface area contributed by atoms with E-state index in [1.54, 1.807) is 20.3 Å². The van der Waals surface area contributed by atoms with Crippen LogP contribution in [-0.2, 0) is 15.0 Å². The number of aliphatic carboxylic acids is 1. The molecule has 1 aliphatic rings. The van der Waals surface area contributed by atoms with Gasteiger partial charge in [-0.25, -0.2) is 0 Å². The molecule has 0 bridgehead atoms. The number of carboxylic acids is 1. The summed E-state index contributed by atoms with van der Waals surface area (Å²) in [5.41, 5.74) is 0.131. The van der Waals surface area contributed by atoms with Crippen LogP contribution in [0.2, 0.25) is 0 Å². The first-order valence-electron chi connectivity index (χ1n) is 7.71. The maximum atomic E-state index is 12.8. The molecular weight excluding hydrogens is 298 g/mol. The van der Waals surface area contributed by atoms with Gasteiger partial charge in [0.05, 0.1) is 19.6 Å². The third-order valence-electron chi connectivity index (χ3n) is 4.55. The molecule has 1 amide bonds. The third kappa shape index (κ3) is 3.25. The minimum Gasteiger partial charge on any atom is -0.493 e. The average molecular weight is 321 g/mol. The molecule has 1 saturated carbocycles. The Hall–Kier alpha value is -2.24. The van der Waals surface area contributed by atoms with Crippen molar-refractivity contribution < 1.29 is 24.2 Å². The molecular formula is C17H23NO5. The van der Waals surface area contributed by atoms with Crippen molar-refractivity contribution in [3.05, 3.63) is 23.8 Å². The van der Waals surface area contributed by atoms with Crippen molar-refractivity contribution in [1.82, 2.24) is 5.32 Å². The van der Waals surface area contributed by atoms with Crippen molar-refractivity contribution in [2.24, 2.45) is 0 Å². The summed E-state index contributed by atoms with van der Waals surface area (Å²) in [6, 6.07) is 4.54. The minimum atomic E-state index is -1.04. The Kier molecular flexibility index (Phi) is 5.13. The van der Waals surface area contributed by atoms with Crippen LogP contribution in [0.4, 0.5) is 0 Å². The van der Waals surface area contributed by atoms with Crippen molar-refractivity contribution in [1.29, 1.82) is 0 Å². The first-order valence-corrected chi connectivity index (χ1v) is 7.71. The highest BCUT2D eigenvalue weighted by molar-refractivity contribution is 5.91. The third-order valence-corrected chi connectivity index (χ3v) is 4.55. The zero-order valence-electron chi connectivity index (χ0n) is 13.7. The zero-order valence-corrected chi connectivity index (χ0v) is 13.7. The number of ether oxygens (including phenoxy) is 2. The van der Waals surface area contributed by atoms with E-state index in [-0.39, 0.29) is 5.91 Å². The summed E-state index contributed by atoms with van der Waals surface area (Å²) in [5, 5.41) is 11.6. The van der Waals surface area contributed by atoms with Crippen molar-refractivity contribution in [3.63, 3.8) is 0 Å². The van der Waals surface area contributed by atoms with Gasteiger partial charge in [-0.1, -0.05) is 18.9 Å². The minimum absolute atomic E-state index is 0.239. The van der Waals surface area contributed by atoms with Crippen LogP contribution in [0.15, 0.2) is 18.2 Å². The lowest BCUT2D eigenvalue weighted by Crippen LogP contribution is -2.48. The molecule has 1 fully saturated rings. The topological polar surface area (TPSA) is 84.9 Å². The predicted octanol–water partition coefficient (Wildman–Crippen LogP) is 2.10. The van der Waals surface area contributed by atoms with Crippen LogP contribution in [0.1, 0.15) is 38.2 Å². The van der Waals surface area contributed by atoms with Gasteiger partial charge in [0.1, 0.15) is 6.04 Å². The fourth-order valence-electron chi connectivity index (χ4n) is 3.16. The van der Waals surface area contributed by atoms with Gasteiger partial charge in [0.15, 0.2) is 11.5 Å². The Balaban J connectivity index is 2.37. The molecule has 1 aliphatic carbocycles. The summed E-state index contributed by atoms with van der Waals surface area (Å²) < 4.78 is 10.6. The molecule has 0 radical (unpaired) electrons. The quantitative estimate of drug-likeness (QED) is 0.838. The summed E-state index contributed by atoms with van der Waals surface area (Å²) in [7, 11) is 3.11. The normalized spacial score (nSPS) is 17.3. The second-order valence-electron chi connectivity index (χ2n) is 5.89. The summed E-state index contributed by atoms with van der Waals surface area (Å²) in [6.45, 7) is 1.47. The molecule has 0 aromatic heterocycles. The molecule has 1 atom stereocenters. The van der Waals surface area contributed by atoms with Gasteiger partial charge in [-0.05, 0) is 37.5 Å². The zero-order chi connectivity index (χ0) is 17.0. The molecule has 1 aromatic rings. The largest absolute Gasteiger partial charge is 0.493 e. The van der Waals surface area contributed by atoms with Gasteiger partial charge >= 0.3 is 5.97 Å². The van der Waals surface area contributed by atoms with E-state index in [2.05, 4.69) is 5.32 Å². The lowest BCUT2D eigenvalue weighted by Gasteiger charge is -2.29. The van der Waals surface area contributed by atoms with E-state index in [1.807, 2.05) is 12.1 Å². The summed E-state index contributed by atoms with van der Waals surface area (Å²) in [4.78, 5) is 23.8. The van der Waals surface area contributed by atoms with E-state index < -0.39 is 17.4 Å². The molecule has 2 N–H and O–H groups in total. The number of amides is 1. The number of carboxylic acid groups (broad SMARTS) is 1. The van der Waals surface area contributed by atoms with Crippen molar-refractivity contribution in [2.75, 3.05) is 14.2 Å². The number of methoxy groups -OCH3 is 2. The maximum Gasteiger partial charge on any atom is 0.325 e. The Morgan fingerprint density at radius 2 is 1.78 bits per heavy atom. The van der Waals surface area contributed by atoms with Gasteiger partial charge in [0.2, 0.25) is 5.91 Å². The number of carbonyl (C=O) groups is 2. The highest BCUT2D eigenvalue weighted by Gasteiger charge is 2.43. The molecule has 0 spiro atoms. The summed E-state index contributed by atoms with van der Waals surface area (Å²) in [6.07, 6.45) is 3.26. The van der Waals surface area contributed by atoms with Gasteiger partial charge in [-0.15, -0.1) is 0 Å². The molecule has 0 unspecified atom stereocenters. The van der Waals surface area contributed by atoms with E-state index in [1.165, 1.54) is 6.92 Å². The van der Waals surface area contributed by atoms with Gasteiger partial charge in [0, 0.05) is 0 Å². The fraction of sp³-hybridized carbons (Fsp3) is 0.529. The lowest BCUT2D eigenvalue weighted by molar-refractivity contribution is -0.142. The number of hydrogen-bond donors (Lipinski definition) is 2. The van der Waals surface area contributed by atoms with Gasteiger partial charge in [-0.3, -0.25) is 9.59 Å². The Labute approximate surface area is 135 Å². The van der Waals surface area contributed by atoms with Crippen LogP contribution in [0.5, 0.6) is 11.5 Å². The number of carbonyl (C=O) groups excluding carboxylic acids is 1. The second-order valence-corrected chi connectivity index (χ2v) is 5.89. The smallest absolute Gasteiger partial charge is 0.325 e. The van der Waals surface area contributed by atoms with Crippen molar-refractivity contribution >= 4 is 11.9 Å². The number of nitrogens with one attached hydrogen (secondary N) is 1.